The number of hydrogen-bond acceptors (Lipinski definition) is 2. The second kappa shape index (κ2) is 4.99. The van der Waals surface area contributed by atoms with Gasteiger partial charge >= 0.3 is 0 Å². The van der Waals surface area contributed by atoms with Crippen LogP contribution in [0, 0.1) is 0 Å². The molecule has 0 bridgehead atoms. The van der Waals surface area contributed by atoms with E-state index in [-0.39, 0.29) is 5.92 Å². The van der Waals surface area contributed by atoms with Crippen molar-refractivity contribution in [3.8, 4) is 0 Å². The van der Waals surface area contributed by atoms with E-state index in [1.165, 1.54) is 5.56 Å². The third-order valence-corrected chi connectivity index (χ3v) is 2.31. The maximum atomic E-state index is 10.3. The third kappa shape index (κ3) is 2.38. The fourth-order valence-electron chi connectivity index (χ4n) is 1.16. The molecule has 2 heteroatoms. The smallest absolute Gasteiger partial charge is 0.120 e. The maximum Gasteiger partial charge on any atom is 0.120 e. The molecule has 12 heavy (non-hydrogen) atoms. The van der Waals surface area contributed by atoms with Gasteiger partial charge in [0, 0.05) is 6.42 Å². The van der Waals surface area contributed by atoms with Crippen molar-refractivity contribution < 1.29 is 4.79 Å². The average Bonchev–Trinajstić information content (AvgIpc) is 2.15. The molecule has 64 valence electrons. The molecule has 0 saturated carbocycles. The van der Waals surface area contributed by atoms with E-state index < -0.39 is 0 Å². The molecule has 0 fully saturated rings. The summed E-state index contributed by atoms with van der Waals surface area (Å²) in [5.74, 6) is 0.995. The van der Waals surface area contributed by atoms with Gasteiger partial charge in [-0.05, 0) is 17.2 Å². The van der Waals surface area contributed by atoms with Crippen molar-refractivity contribution in [1.29, 1.82) is 0 Å². The molecule has 0 aliphatic rings. The SMILES string of the molecule is O=CCC(CS)c1ccccc1. The first-order chi connectivity index (χ1) is 5.88. The number of carbonyl (C=O) groups excluding carboxylic acids is 1. The van der Waals surface area contributed by atoms with Crippen LogP contribution >= 0.6 is 12.6 Å². The van der Waals surface area contributed by atoms with Crippen LogP contribution in [-0.4, -0.2) is 12.0 Å². The standard InChI is InChI=1S/C10H12OS/c11-7-6-10(8-12)9-4-2-1-3-5-9/h1-5,7,10,12H,6,8H2. The minimum Gasteiger partial charge on any atom is -0.303 e. The van der Waals surface area contributed by atoms with Crippen molar-refractivity contribution >= 4 is 18.9 Å². The quantitative estimate of drug-likeness (QED) is 0.555. The lowest BCUT2D eigenvalue weighted by molar-refractivity contribution is -0.108. The molecular formula is C10H12OS. The lowest BCUT2D eigenvalue weighted by atomic mass is 9.99. The molecule has 1 nitrogen and oxygen atoms in total. The summed E-state index contributed by atoms with van der Waals surface area (Å²) < 4.78 is 0. The van der Waals surface area contributed by atoms with Gasteiger partial charge in [0.25, 0.3) is 0 Å². The Balaban J connectivity index is 2.72. The maximum absolute atomic E-state index is 10.3. The van der Waals surface area contributed by atoms with Crippen LogP contribution in [0.25, 0.3) is 0 Å². The van der Waals surface area contributed by atoms with Crippen molar-refractivity contribution in [2.24, 2.45) is 0 Å². The molecule has 0 amide bonds. The number of carbonyl (C=O) groups is 1. The molecule has 0 aliphatic carbocycles. The Morgan fingerprint density at radius 3 is 2.50 bits per heavy atom. The molecule has 0 radical (unpaired) electrons. The molecule has 0 aromatic heterocycles. The van der Waals surface area contributed by atoms with Gasteiger partial charge in [-0.2, -0.15) is 12.6 Å². The highest BCUT2D eigenvalue weighted by Gasteiger charge is 2.07. The first-order valence-electron chi connectivity index (χ1n) is 3.98. The molecule has 1 unspecified atom stereocenters. The van der Waals surface area contributed by atoms with E-state index >= 15 is 0 Å². The van der Waals surface area contributed by atoms with E-state index in [0.29, 0.717) is 6.42 Å². The highest BCUT2D eigenvalue weighted by molar-refractivity contribution is 7.80. The van der Waals surface area contributed by atoms with Gasteiger partial charge in [0.15, 0.2) is 0 Å². The van der Waals surface area contributed by atoms with Gasteiger partial charge in [-0.1, -0.05) is 30.3 Å². The largest absolute Gasteiger partial charge is 0.303 e. The number of benzene rings is 1. The number of rotatable bonds is 4. The molecule has 1 atom stereocenters. The summed E-state index contributed by atoms with van der Waals surface area (Å²) in [6.45, 7) is 0. The Morgan fingerprint density at radius 1 is 1.33 bits per heavy atom. The van der Waals surface area contributed by atoms with Crippen LogP contribution in [0.1, 0.15) is 17.9 Å². The van der Waals surface area contributed by atoms with Crippen LogP contribution in [0.5, 0.6) is 0 Å². The summed E-state index contributed by atoms with van der Waals surface area (Å²) in [7, 11) is 0. The average molecular weight is 180 g/mol. The third-order valence-electron chi connectivity index (χ3n) is 1.87. The normalized spacial score (nSPS) is 12.4. The van der Waals surface area contributed by atoms with Crippen LogP contribution in [0.2, 0.25) is 0 Å². The van der Waals surface area contributed by atoms with Gasteiger partial charge in [0.05, 0.1) is 0 Å². The topological polar surface area (TPSA) is 17.1 Å². The van der Waals surface area contributed by atoms with E-state index in [1.54, 1.807) is 0 Å². The summed E-state index contributed by atoms with van der Waals surface area (Å²) in [5.41, 5.74) is 1.19. The van der Waals surface area contributed by atoms with E-state index in [0.717, 1.165) is 12.0 Å². The lowest BCUT2D eigenvalue weighted by Gasteiger charge is -2.10. The van der Waals surface area contributed by atoms with Crippen LogP contribution in [0.4, 0.5) is 0 Å². The zero-order valence-corrected chi connectivity index (χ0v) is 7.71. The second-order valence-corrected chi connectivity index (χ2v) is 3.06. The molecule has 0 saturated heterocycles. The first-order valence-corrected chi connectivity index (χ1v) is 4.61. The van der Waals surface area contributed by atoms with Crippen molar-refractivity contribution in [1.82, 2.24) is 0 Å². The van der Waals surface area contributed by atoms with Gasteiger partial charge < -0.3 is 4.79 Å². The Labute approximate surface area is 78.2 Å². The second-order valence-electron chi connectivity index (χ2n) is 2.69. The lowest BCUT2D eigenvalue weighted by Crippen LogP contribution is -2.00. The predicted molar refractivity (Wildman–Crippen MR) is 53.7 cm³/mol. The predicted octanol–water partition coefficient (Wildman–Crippen LogP) is 2.29. The van der Waals surface area contributed by atoms with E-state index in [4.69, 9.17) is 0 Å². The van der Waals surface area contributed by atoms with Crippen LogP contribution in [-0.2, 0) is 4.79 Å². The van der Waals surface area contributed by atoms with Crippen molar-refractivity contribution in [2.45, 2.75) is 12.3 Å². The molecular weight excluding hydrogens is 168 g/mol. The van der Waals surface area contributed by atoms with Crippen molar-refractivity contribution in [2.75, 3.05) is 5.75 Å². The molecule has 0 N–H and O–H groups in total. The van der Waals surface area contributed by atoms with Crippen molar-refractivity contribution in [3.63, 3.8) is 0 Å². The molecule has 1 aromatic rings. The zero-order chi connectivity index (χ0) is 8.81. The highest BCUT2D eigenvalue weighted by Crippen LogP contribution is 2.19. The van der Waals surface area contributed by atoms with E-state index in [1.807, 2.05) is 30.3 Å². The summed E-state index contributed by atoms with van der Waals surface area (Å²) in [5, 5.41) is 0. The van der Waals surface area contributed by atoms with Crippen LogP contribution < -0.4 is 0 Å². The van der Waals surface area contributed by atoms with Crippen LogP contribution in [0.3, 0.4) is 0 Å². The first kappa shape index (κ1) is 9.33. The minimum absolute atomic E-state index is 0.270. The molecule has 0 heterocycles. The monoisotopic (exact) mass is 180 g/mol. The Kier molecular flexibility index (Phi) is 3.88. The molecule has 0 spiro atoms. The molecule has 1 aromatic carbocycles. The summed E-state index contributed by atoms with van der Waals surface area (Å²) in [6, 6.07) is 10.0. The fourth-order valence-corrected chi connectivity index (χ4v) is 1.52. The van der Waals surface area contributed by atoms with Gasteiger partial charge in [0.2, 0.25) is 0 Å². The number of hydrogen-bond donors (Lipinski definition) is 1. The van der Waals surface area contributed by atoms with Gasteiger partial charge in [-0.3, -0.25) is 0 Å². The summed E-state index contributed by atoms with van der Waals surface area (Å²) in [6.07, 6.45) is 1.52. The summed E-state index contributed by atoms with van der Waals surface area (Å²) >= 11 is 4.20. The van der Waals surface area contributed by atoms with Gasteiger partial charge in [-0.15, -0.1) is 0 Å². The molecule has 1 rings (SSSR count). The van der Waals surface area contributed by atoms with Crippen LogP contribution in [0.15, 0.2) is 30.3 Å². The Bertz CT molecular complexity index is 233. The summed E-state index contributed by atoms with van der Waals surface area (Å²) in [4.78, 5) is 10.3. The fraction of sp³-hybridized carbons (Fsp3) is 0.300. The van der Waals surface area contributed by atoms with Gasteiger partial charge in [-0.25, -0.2) is 0 Å². The van der Waals surface area contributed by atoms with E-state index in [2.05, 4.69) is 12.6 Å². The van der Waals surface area contributed by atoms with E-state index in [9.17, 15) is 4.79 Å². The Morgan fingerprint density at radius 2 is 2.00 bits per heavy atom. The number of thiol groups is 1. The Hall–Kier alpha value is -0.760. The molecule has 0 aliphatic heterocycles. The van der Waals surface area contributed by atoms with Gasteiger partial charge in [0.1, 0.15) is 6.29 Å². The minimum atomic E-state index is 0.270. The zero-order valence-electron chi connectivity index (χ0n) is 6.81. The highest BCUT2D eigenvalue weighted by atomic mass is 32.1. The number of aldehydes is 1. The van der Waals surface area contributed by atoms with Crippen molar-refractivity contribution in [3.05, 3.63) is 35.9 Å².